The van der Waals surface area contributed by atoms with E-state index < -0.39 is 0 Å². The Labute approximate surface area is 271 Å². The second-order valence-corrected chi connectivity index (χ2v) is 11.4. The van der Waals surface area contributed by atoms with Gasteiger partial charge in [0, 0.05) is 43.1 Å². The molecular weight excluding hydrogens is 620 g/mol. The lowest BCUT2D eigenvalue weighted by Gasteiger charge is -2.14. The molecule has 4 aliphatic rings. The van der Waals surface area contributed by atoms with Crippen LogP contribution in [0.4, 0.5) is 11.4 Å². The fraction of sp³-hybridized carbons (Fsp3) is 0.167. The minimum atomic E-state index is -0.151. The smallest absolute Gasteiger partial charge is 0.256 e. The molecule has 12 heteroatoms. The molecule has 4 aliphatic heterocycles. The zero-order chi connectivity index (χ0) is 32.8. The lowest BCUT2D eigenvalue weighted by Crippen LogP contribution is -2.04. The van der Waals surface area contributed by atoms with Crippen LogP contribution in [0.2, 0.25) is 0 Å². The summed E-state index contributed by atoms with van der Waals surface area (Å²) < 4.78 is 44.6. The maximum Gasteiger partial charge on any atom is 0.256 e. The predicted octanol–water partition coefficient (Wildman–Crippen LogP) is 6.61. The molecule has 0 bridgehead atoms. The van der Waals surface area contributed by atoms with Gasteiger partial charge in [-0.3, -0.25) is 9.59 Å². The first kappa shape index (κ1) is 28.0. The largest absolute Gasteiger partial charge is 0.496 e. The molecular formula is C36H26N2O10. The van der Waals surface area contributed by atoms with E-state index >= 15 is 0 Å². The highest BCUT2D eigenvalue weighted by molar-refractivity contribution is 6.33. The number of benzene rings is 6. The van der Waals surface area contributed by atoms with E-state index in [0.29, 0.717) is 57.1 Å². The summed E-state index contributed by atoms with van der Waals surface area (Å²) in [5.41, 5.74) is 2.64. The second-order valence-electron chi connectivity index (χ2n) is 11.4. The van der Waals surface area contributed by atoms with Gasteiger partial charge in [0.25, 0.3) is 11.8 Å². The Morgan fingerprint density at radius 3 is 1.29 bits per heavy atom. The fourth-order valence-corrected chi connectivity index (χ4v) is 7.15. The van der Waals surface area contributed by atoms with Crippen molar-refractivity contribution in [3.8, 4) is 46.0 Å². The molecule has 48 heavy (non-hydrogen) atoms. The van der Waals surface area contributed by atoms with Gasteiger partial charge in [0.15, 0.2) is 23.0 Å². The Bertz CT molecular complexity index is 2280. The van der Waals surface area contributed by atoms with Crippen molar-refractivity contribution >= 4 is 66.3 Å². The number of hydrogen-bond donors (Lipinski definition) is 2. The second kappa shape index (κ2) is 10.1. The average molecular weight is 647 g/mol. The van der Waals surface area contributed by atoms with Crippen LogP contribution in [0.15, 0.2) is 48.5 Å². The number of methoxy groups -OCH3 is 4. The predicted molar refractivity (Wildman–Crippen MR) is 177 cm³/mol. The topological polar surface area (TPSA) is 132 Å². The van der Waals surface area contributed by atoms with Crippen LogP contribution >= 0.6 is 0 Å². The summed E-state index contributed by atoms with van der Waals surface area (Å²) in [4.78, 5) is 24.7. The van der Waals surface area contributed by atoms with Crippen LogP contribution in [0.25, 0.3) is 43.1 Å². The van der Waals surface area contributed by atoms with Crippen molar-refractivity contribution in [2.45, 2.75) is 0 Å². The summed E-state index contributed by atoms with van der Waals surface area (Å²) in [6.45, 7) is 0.265. The number of carbonyl (C=O) groups is 2. The summed E-state index contributed by atoms with van der Waals surface area (Å²) >= 11 is 0. The van der Waals surface area contributed by atoms with Crippen LogP contribution in [-0.4, -0.2) is 53.8 Å². The first-order valence-corrected chi connectivity index (χ1v) is 15.0. The zero-order valence-corrected chi connectivity index (χ0v) is 26.1. The van der Waals surface area contributed by atoms with E-state index in [0.717, 1.165) is 54.5 Å². The summed E-state index contributed by atoms with van der Waals surface area (Å²) in [5.74, 6) is 4.86. The van der Waals surface area contributed by atoms with E-state index in [-0.39, 0.29) is 25.4 Å². The molecule has 2 amide bonds. The molecule has 6 aromatic rings. The minimum Gasteiger partial charge on any atom is -0.496 e. The van der Waals surface area contributed by atoms with Gasteiger partial charge in [-0.25, -0.2) is 0 Å². The summed E-state index contributed by atoms with van der Waals surface area (Å²) in [6.07, 6.45) is 0. The van der Waals surface area contributed by atoms with Crippen LogP contribution in [0.1, 0.15) is 20.7 Å². The Kier molecular flexibility index (Phi) is 5.88. The van der Waals surface area contributed by atoms with Crippen LogP contribution < -0.4 is 48.5 Å². The molecule has 0 aromatic heterocycles. The van der Waals surface area contributed by atoms with Crippen molar-refractivity contribution in [2.75, 3.05) is 52.7 Å². The van der Waals surface area contributed by atoms with Crippen molar-refractivity contribution in [3.05, 3.63) is 59.7 Å². The van der Waals surface area contributed by atoms with Crippen LogP contribution in [0, 0.1) is 0 Å². The van der Waals surface area contributed by atoms with Gasteiger partial charge in [0.05, 0.1) is 50.9 Å². The number of nitrogens with one attached hydrogen (secondary N) is 2. The van der Waals surface area contributed by atoms with Gasteiger partial charge in [-0.15, -0.1) is 0 Å². The normalized spacial score (nSPS) is 14.3. The summed E-state index contributed by atoms with van der Waals surface area (Å²) in [6, 6.07) is 14.7. The maximum absolute atomic E-state index is 12.4. The minimum absolute atomic E-state index is 0.132. The van der Waals surface area contributed by atoms with E-state index in [2.05, 4.69) is 10.6 Å². The van der Waals surface area contributed by atoms with Crippen molar-refractivity contribution < 1.29 is 47.5 Å². The number of carbonyl (C=O) groups excluding carboxylic acids is 2. The molecule has 240 valence electrons. The Hall–Kier alpha value is -6.30. The highest BCUT2D eigenvalue weighted by Gasteiger charge is 2.33. The van der Waals surface area contributed by atoms with Gasteiger partial charge >= 0.3 is 0 Å². The Morgan fingerprint density at radius 1 is 0.500 bits per heavy atom. The fourth-order valence-electron chi connectivity index (χ4n) is 7.15. The number of fused-ring (bicyclic) bond motifs is 8. The Morgan fingerprint density at radius 2 is 0.896 bits per heavy atom. The molecule has 10 rings (SSSR count). The maximum atomic E-state index is 12.4. The average Bonchev–Trinajstić information content (AvgIpc) is 3.91. The number of amides is 2. The van der Waals surface area contributed by atoms with Crippen molar-refractivity contribution in [3.63, 3.8) is 0 Å². The van der Waals surface area contributed by atoms with Crippen LogP contribution in [0.3, 0.4) is 0 Å². The quantitative estimate of drug-likeness (QED) is 0.202. The molecule has 0 atom stereocenters. The van der Waals surface area contributed by atoms with Gasteiger partial charge < -0.3 is 48.5 Å². The molecule has 0 fully saturated rings. The number of anilines is 2. The monoisotopic (exact) mass is 646 g/mol. The van der Waals surface area contributed by atoms with Crippen molar-refractivity contribution in [1.29, 1.82) is 0 Å². The molecule has 0 radical (unpaired) electrons. The lowest BCUT2D eigenvalue weighted by atomic mass is 9.96. The van der Waals surface area contributed by atoms with Crippen LogP contribution in [-0.2, 0) is 0 Å². The SMILES string of the molecule is COc1ccc(OC)c2c1cc1c3c(cc4c(c32)OCO4)C(=O)N1.COc1ccc(OC)c2c1cc1c3c(cc4c(c32)OCO4)C(=O)N1. The molecule has 0 saturated heterocycles. The lowest BCUT2D eigenvalue weighted by molar-refractivity contribution is 0.102. The third-order valence-electron chi connectivity index (χ3n) is 9.14. The molecule has 2 N–H and O–H groups in total. The first-order chi connectivity index (χ1) is 23.4. The van der Waals surface area contributed by atoms with Gasteiger partial charge in [-0.2, -0.15) is 0 Å². The van der Waals surface area contributed by atoms with Gasteiger partial charge in [0.2, 0.25) is 13.6 Å². The van der Waals surface area contributed by atoms with Gasteiger partial charge in [-0.1, -0.05) is 0 Å². The summed E-state index contributed by atoms with van der Waals surface area (Å²) in [5, 5.41) is 12.4. The van der Waals surface area contributed by atoms with Crippen molar-refractivity contribution in [1.82, 2.24) is 0 Å². The van der Waals surface area contributed by atoms with E-state index in [9.17, 15) is 9.59 Å². The van der Waals surface area contributed by atoms with E-state index in [1.165, 1.54) is 0 Å². The molecule has 0 spiro atoms. The number of hydrogen-bond acceptors (Lipinski definition) is 10. The van der Waals surface area contributed by atoms with Gasteiger partial charge in [0.1, 0.15) is 23.0 Å². The van der Waals surface area contributed by atoms with E-state index in [4.69, 9.17) is 37.9 Å². The zero-order valence-electron chi connectivity index (χ0n) is 26.1. The molecule has 0 saturated carbocycles. The van der Waals surface area contributed by atoms with Crippen molar-refractivity contribution in [2.24, 2.45) is 0 Å². The third kappa shape index (κ3) is 3.65. The standard InChI is InChI=1S/2C18H13NO5/c2*1-21-11-3-4-12(22-2)15-8(11)5-10-14-9(18(20)19-10)6-13-17(16(14)15)24-7-23-13/h2*3-6H,7H2,1-2H3,(H,19,20). The number of rotatable bonds is 4. The highest BCUT2D eigenvalue weighted by Crippen LogP contribution is 2.54. The van der Waals surface area contributed by atoms with Crippen LogP contribution in [0.5, 0.6) is 46.0 Å². The Balaban J connectivity index is 0.000000131. The van der Waals surface area contributed by atoms with Gasteiger partial charge in [-0.05, 0) is 48.5 Å². The molecule has 6 aromatic carbocycles. The molecule has 0 unspecified atom stereocenters. The first-order valence-electron chi connectivity index (χ1n) is 15.0. The molecule has 12 nitrogen and oxygen atoms in total. The molecule has 0 aliphatic carbocycles. The van der Waals surface area contributed by atoms with E-state index in [1.807, 2.05) is 36.4 Å². The number of ether oxygens (including phenoxy) is 8. The highest BCUT2D eigenvalue weighted by atomic mass is 16.7. The third-order valence-corrected chi connectivity index (χ3v) is 9.14. The molecule has 4 heterocycles. The van der Waals surface area contributed by atoms with E-state index in [1.54, 1.807) is 40.6 Å². The summed E-state index contributed by atoms with van der Waals surface area (Å²) in [7, 11) is 6.46.